The Balaban J connectivity index is 0.000000545. The summed E-state index contributed by atoms with van der Waals surface area (Å²) < 4.78 is 80.2. The number of rotatable bonds is 19. The highest BCUT2D eigenvalue weighted by Crippen LogP contribution is 2.29. The van der Waals surface area contributed by atoms with Gasteiger partial charge in [-0.05, 0) is 137 Å². The van der Waals surface area contributed by atoms with Gasteiger partial charge in [0.25, 0.3) is 17.3 Å². The molecule has 0 bridgehead atoms. The predicted octanol–water partition coefficient (Wildman–Crippen LogP) is 11.6. The van der Waals surface area contributed by atoms with Gasteiger partial charge in [0.05, 0.1) is 72.1 Å². The summed E-state index contributed by atoms with van der Waals surface area (Å²) in [5.74, 6) is -1.08. The molecule has 0 saturated heterocycles. The zero-order chi connectivity index (χ0) is 64.1. The van der Waals surface area contributed by atoms with Gasteiger partial charge in [-0.25, -0.2) is 50.3 Å². The Morgan fingerprint density at radius 1 is 0.619 bits per heavy atom. The van der Waals surface area contributed by atoms with Crippen LogP contribution in [0.5, 0.6) is 0 Å². The summed E-state index contributed by atoms with van der Waals surface area (Å²) in [6.07, 6.45) is 6.26. The maximum atomic E-state index is 14.8. The van der Waals surface area contributed by atoms with E-state index in [1.54, 1.807) is 38.2 Å². The van der Waals surface area contributed by atoms with Crippen LogP contribution in [0.15, 0.2) is 102 Å². The fourth-order valence-electron chi connectivity index (χ4n) is 5.81. The van der Waals surface area contributed by atoms with Crippen molar-refractivity contribution in [1.82, 2.24) is 19.9 Å². The van der Waals surface area contributed by atoms with Crippen LogP contribution in [-0.2, 0) is 20.0 Å². The highest BCUT2D eigenvalue weighted by molar-refractivity contribution is 9.10. The van der Waals surface area contributed by atoms with E-state index in [0.717, 1.165) is 11.9 Å². The molecule has 0 aliphatic carbocycles. The Kier molecular flexibility index (Phi) is 33.2. The van der Waals surface area contributed by atoms with Crippen molar-refractivity contribution in [3.8, 4) is 0 Å². The van der Waals surface area contributed by atoms with Crippen molar-refractivity contribution in [3.05, 3.63) is 155 Å². The molecule has 2 aromatic carbocycles. The smallest absolute Gasteiger partial charge is 0.397 e. The molecule has 0 fully saturated rings. The van der Waals surface area contributed by atoms with Gasteiger partial charge in [0, 0.05) is 30.3 Å². The van der Waals surface area contributed by atoms with Gasteiger partial charge >= 0.3 is 5.24 Å². The van der Waals surface area contributed by atoms with E-state index in [2.05, 4.69) is 92.0 Å². The number of carbonyl (C=O) groups excluding carboxylic acids is 2. The van der Waals surface area contributed by atoms with Gasteiger partial charge in [-0.2, -0.15) is 0 Å². The second-order valence-corrected chi connectivity index (χ2v) is 24.1. The molecular formula is C52H69BrCl3F2N14O10S2+. The zero-order valence-corrected chi connectivity index (χ0v) is 53.0. The molecule has 4 heterocycles. The fraction of sp³-hybridized carbons (Fsp3) is 0.346. The van der Waals surface area contributed by atoms with Gasteiger partial charge in [-0.3, -0.25) is 34.5 Å². The second-order valence-electron chi connectivity index (χ2n) is 18.5. The van der Waals surface area contributed by atoms with E-state index in [1.807, 2.05) is 53.7 Å². The first-order valence-corrected chi connectivity index (χ1v) is 30.5. The molecule has 0 saturated carbocycles. The average molecular weight is 1340 g/mol. The van der Waals surface area contributed by atoms with Crippen LogP contribution >= 0.6 is 39.1 Å². The van der Waals surface area contributed by atoms with Crippen molar-refractivity contribution in [2.45, 2.75) is 106 Å². The summed E-state index contributed by atoms with van der Waals surface area (Å²) in [5, 5.41) is 30.9. The molecule has 0 radical (unpaired) electrons. The average Bonchev–Trinajstić information content (AvgIpc) is 3.50. The van der Waals surface area contributed by atoms with E-state index in [9.17, 15) is 55.4 Å². The number of nitrogen functional groups attached to an aromatic ring is 1. The van der Waals surface area contributed by atoms with E-state index in [4.69, 9.17) is 34.7 Å². The molecule has 0 aliphatic rings. The monoisotopic (exact) mass is 1340 g/mol. The maximum absolute atomic E-state index is 14.8. The third-order valence-corrected chi connectivity index (χ3v) is 13.3. The maximum Gasteiger partial charge on any atom is 0.435 e. The van der Waals surface area contributed by atoms with E-state index in [1.165, 1.54) is 55.0 Å². The van der Waals surface area contributed by atoms with Gasteiger partial charge in [0.2, 0.25) is 20.0 Å². The number of nitrogens with zero attached hydrogens (tertiary/aromatic N) is 6. The van der Waals surface area contributed by atoms with Crippen LogP contribution in [0.25, 0.3) is 0 Å². The number of benzene rings is 2. The van der Waals surface area contributed by atoms with Crippen LogP contribution in [0, 0.1) is 43.5 Å². The third kappa shape index (κ3) is 29.9. The number of hydrogen-bond acceptors (Lipinski definition) is 19. The summed E-state index contributed by atoms with van der Waals surface area (Å²) >= 11 is 19.0. The van der Waals surface area contributed by atoms with Crippen LogP contribution < -0.4 is 42.2 Å². The van der Waals surface area contributed by atoms with Gasteiger partial charge in [0.1, 0.15) is 40.0 Å². The molecule has 1 amide bonds. The van der Waals surface area contributed by atoms with Crippen molar-refractivity contribution in [2.24, 2.45) is 5.73 Å². The van der Waals surface area contributed by atoms with Crippen LogP contribution in [0.1, 0.15) is 103 Å². The van der Waals surface area contributed by atoms with Gasteiger partial charge in [0.15, 0.2) is 23.2 Å². The number of halogens is 6. The molecular weight excluding hydrogens is 1270 g/mol. The number of amides is 1. The second kappa shape index (κ2) is 37.2. The van der Waals surface area contributed by atoms with Gasteiger partial charge in [-0.1, -0.05) is 50.9 Å². The molecule has 0 aliphatic heterocycles. The Morgan fingerprint density at radius 3 is 1.33 bits per heavy atom. The van der Waals surface area contributed by atoms with Gasteiger partial charge < -0.3 is 32.7 Å². The van der Waals surface area contributed by atoms with Crippen molar-refractivity contribution in [1.29, 1.82) is 0 Å². The first-order valence-electron chi connectivity index (χ1n) is 25.2. The normalized spacial score (nSPS) is 10.6. The molecule has 460 valence electrons. The predicted molar refractivity (Wildman–Crippen MR) is 330 cm³/mol. The van der Waals surface area contributed by atoms with E-state index in [-0.39, 0.29) is 56.4 Å². The van der Waals surface area contributed by atoms with Crippen LogP contribution in [0.4, 0.5) is 60.4 Å². The Bertz CT molecular complexity index is 3290. The minimum atomic E-state index is -3.72. The molecule has 84 heavy (non-hydrogen) atoms. The van der Waals surface area contributed by atoms with Gasteiger partial charge in [-0.15, -0.1) is 0 Å². The molecule has 6 aromatic rings. The summed E-state index contributed by atoms with van der Waals surface area (Å²) in [7, 11) is -7.36. The summed E-state index contributed by atoms with van der Waals surface area (Å²) in [6.45, 7) is 19.3. The standard InChI is InChI=1S/C18H22ClFN4O3S.C10H11Cl2FNO3S.C8H11N3O2.C8H13N3.C5H3BrN2O2.C3H9N/c1-4-9-28(26,27)24-14-7-6-13(19)16(17(14)20)18(25)23-12-5-8-15(21-10-12)22-11(2)3;1-2-5-18(16,17)14-7-4-3-6(11)8(9(7)13)10(12)15;1-6(2)10-8-4-3-7(5-9-8)11(12)13;1-6(2)11-8-4-3-7(9)5-10-8;6-5-2-1-4(3-7-5)8(9)10;1-3(2)4/h5-8,10-11,24H,4,9H2,1-3H3,(H,21,22)(H,23,25);3-4,12,14H,2,5H2,1H3;3-6H,1-2H3,(H,9,10);3-6H,9H2,1-2H3,(H,10,11);1-3H;3H,4H2,1-2H3/q;+1;;;;. The highest BCUT2D eigenvalue weighted by atomic mass is 79.9. The fourth-order valence-corrected chi connectivity index (χ4v) is 9.03. The zero-order valence-electron chi connectivity index (χ0n) is 47.4. The topological polar surface area (TPSA) is 364 Å². The first kappa shape index (κ1) is 74.9. The highest BCUT2D eigenvalue weighted by Gasteiger charge is 2.25. The van der Waals surface area contributed by atoms with Crippen molar-refractivity contribution < 1.29 is 56.7 Å². The Hall–Kier alpha value is -7.15. The van der Waals surface area contributed by atoms with E-state index in [0.29, 0.717) is 52.5 Å². The number of nitro groups is 2. The molecule has 0 unspecified atom stereocenters. The number of aromatic nitrogens is 4. The molecule has 0 spiro atoms. The summed E-state index contributed by atoms with van der Waals surface area (Å²) in [5.41, 5.74) is 10.0. The lowest BCUT2D eigenvalue weighted by molar-refractivity contribution is -0.385. The lowest BCUT2D eigenvalue weighted by Gasteiger charge is -2.13. The summed E-state index contributed by atoms with van der Waals surface area (Å²) in [6, 6.07) is 18.9. The Morgan fingerprint density at radius 2 is 1.00 bits per heavy atom. The van der Waals surface area contributed by atoms with Crippen molar-refractivity contribution >= 4 is 122 Å². The SMILES string of the molecule is CC(C)N.CC(C)Nc1ccc(N)cn1.CC(C)Nc1ccc([N+](=O)[O-])cn1.CCCS(=O)(=O)Nc1ccc(Cl)c(C(=O)Nc2ccc(NC(C)C)nc2)c1F.CCCS(=O)(=O)Nc1ccc(Cl)c(C(=O)[ClH+])c1F.O=[N+]([O-])c1ccc(Br)nc1. The first-order chi connectivity index (χ1) is 39.1. The van der Waals surface area contributed by atoms with Crippen LogP contribution in [0.3, 0.4) is 0 Å². The molecule has 10 N–H and O–H groups in total. The lowest BCUT2D eigenvalue weighted by atomic mass is 10.1. The molecule has 24 nitrogen and oxygen atoms in total. The molecule has 32 heteroatoms. The lowest BCUT2D eigenvalue weighted by Crippen LogP contribution is -2.20. The number of hydrogen-bond donors (Lipinski definition) is 8. The van der Waals surface area contributed by atoms with Crippen LogP contribution in [0.2, 0.25) is 10.0 Å². The Labute approximate surface area is 510 Å². The number of anilines is 7. The number of pyridine rings is 4. The quantitative estimate of drug-likeness (QED) is 0.0162. The van der Waals surface area contributed by atoms with Crippen LogP contribution in [-0.4, -0.2) is 93.4 Å². The summed E-state index contributed by atoms with van der Waals surface area (Å²) in [4.78, 5) is 58.7. The molecule has 6 rings (SSSR count). The minimum Gasteiger partial charge on any atom is -0.397 e. The molecule has 0 atom stereocenters. The largest absolute Gasteiger partial charge is 0.435 e. The van der Waals surface area contributed by atoms with E-state index >= 15 is 0 Å². The number of nitrogens with one attached hydrogen (secondary N) is 6. The van der Waals surface area contributed by atoms with Crippen molar-refractivity contribution in [3.63, 3.8) is 0 Å². The molecule has 4 aromatic heterocycles. The van der Waals surface area contributed by atoms with Crippen molar-refractivity contribution in [2.75, 3.05) is 48.0 Å². The number of carbonyl (C=O) groups is 2. The number of nitrogens with two attached hydrogens (primary N) is 2. The third-order valence-electron chi connectivity index (χ3n) is 9.09. The van der Waals surface area contributed by atoms with E-state index < -0.39 is 63.8 Å². The number of sulfonamides is 2. The minimum absolute atomic E-state index is 0.00296.